The smallest absolute Gasteiger partial charge is 0.344 e. The van der Waals surface area contributed by atoms with Gasteiger partial charge in [-0.05, 0) is 55.6 Å². The number of methoxy groups -OCH3 is 2. The van der Waals surface area contributed by atoms with Gasteiger partial charge in [0.25, 0.3) is 0 Å². The van der Waals surface area contributed by atoms with E-state index in [-0.39, 0.29) is 5.63 Å². The van der Waals surface area contributed by atoms with Crippen molar-refractivity contribution in [1.82, 2.24) is 5.32 Å². The average molecular weight is 394 g/mol. The third kappa shape index (κ3) is 3.80. The van der Waals surface area contributed by atoms with Gasteiger partial charge in [0.05, 0.1) is 19.6 Å². The van der Waals surface area contributed by atoms with Crippen LogP contribution in [-0.4, -0.2) is 39.4 Å². The first-order valence-electron chi connectivity index (χ1n) is 9.80. The van der Waals surface area contributed by atoms with E-state index in [9.17, 15) is 4.79 Å². The maximum atomic E-state index is 12.8. The van der Waals surface area contributed by atoms with Crippen LogP contribution in [-0.2, 0) is 0 Å². The van der Waals surface area contributed by atoms with Crippen LogP contribution in [0.4, 0.5) is 5.69 Å². The Kier molecular flexibility index (Phi) is 5.20. The summed E-state index contributed by atoms with van der Waals surface area (Å²) in [6.45, 7) is 6.16. The van der Waals surface area contributed by atoms with Crippen molar-refractivity contribution in [1.29, 1.82) is 0 Å². The summed E-state index contributed by atoms with van der Waals surface area (Å²) in [7, 11) is 3.17. The van der Waals surface area contributed by atoms with Gasteiger partial charge in [-0.3, -0.25) is 0 Å². The Morgan fingerprint density at radius 3 is 2.38 bits per heavy atom. The molecule has 6 nitrogen and oxygen atoms in total. The molecule has 1 aliphatic heterocycles. The molecule has 1 aromatic heterocycles. The number of benzene rings is 2. The fourth-order valence-corrected chi connectivity index (χ4v) is 4.04. The summed E-state index contributed by atoms with van der Waals surface area (Å²) in [6.07, 6.45) is 0. The van der Waals surface area contributed by atoms with Crippen molar-refractivity contribution in [2.45, 2.75) is 25.9 Å². The van der Waals surface area contributed by atoms with Gasteiger partial charge in [-0.15, -0.1) is 0 Å². The highest BCUT2D eigenvalue weighted by Crippen LogP contribution is 2.33. The van der Waals surface area contributed by atoms with E-state index in [1.54, 1.807) is 26.4 Å². The quantitative estimate of drug-likeness (QED) is 0.729. The zero-order chi connectivity index (χ0) is 20.5. The number of anilines is 1. The number of nitrogens with zero attached hydrogens (tertiary/aromatic N) is 1. The van der Waals surface area contributed by atoms with Gasteiger partial charge in [-0.1, -0.05) is 6.07 Å². The first-order chi connectivity index (χ1) is 14.0. The maximum Gasteiger partial charge on any atom is 0.344 e. The third-order valence-electron chi connectivity index (χ3n) is 5.34. The largest absolute Gasteiger partial charge is 0.493 e. The summed E-state index contributed by atoms with van der Waals surface area (Å²) in [5.74, 6) is 1.72. The number of hydrogen-bond acceptors (Lipinski definition) is 6. The molecular weight excluding hydrogens is 368 g/mol. The molecule has 29 heavy (non-hydrogen) atoms. The summed E-state index contributed by atoms with van der Waals surface area (Å²) in [4.78, 5) is 15.1. The molecule has 0 bridgehead atoms. The number of piperazine rings is 1. The number of fused-ring (bicyclic) bond motifs is 1. The zero-order valence-corrected chi connectivity index (χ0v) is 17.2. The van der Waals surface area contributed by atoms with Gasteiger partial charge in [0.2, 0.25) is 0 Å². The van der Waals surface area contributed by atoms with Crippen LogP contribution in [0.25, 0.3) is 22.1 Å². The second-order valence-corrected chi connectivity index (χ2v) is 7.61. The molecule has 2 heterocycles. The van der Waals surface area contributed by atoms with Gasteiger partial charge in [0.1, 0.15) is 5.76 Å². The molecule has 1 aliphatic rings. The van der Waals surface area contributed by atoms with Crippen molar-refractivity contribution in [2.24, 2.45) is 0 Å². The van der Waals surface area contributed by atoms with Gasteiger partial charge in [0.15, 0.2) is 11.5 Å². The molecule has 0 unspecified atom stereocenters. The fraction of sp³-hybridized carbons (Fsp3) is 0.348. The highest BCUT2D eigenvalue weighted by Gasteiger charge is 2.21. The van der Waals surface area contributed by atoms with Crippen LogP contribution in [0.5, 0.6) is 11.5 Å². The number of ether oxygens (including phenoxy) is 2. The Bertz CT molecular complexity index is 1080. The average Bonchev–Trinajstić information content (AvgIpc) is 2.72. The molecule has 6 heteroatoms. The fourth-order valence-electron chi connectivity index (χ4n) is 4.04. The highest BCUT2D eigenvalue weighted by atomic mass is 16.5. The van der Waals surface area contributed by atoms with E-state index in [2.05, 4.69) is 30.1 Å². The Morgan fingerprint density at radius 1 is 0.966 bits per heavy atom. The van der Waals surface area contributed by atoms with E-state index in [0.717, 1.165) is 29.7 Å². The molecule has 2 atom stereocenters. The minimum absolute atomic E-state index is 0.342. The Balaban J connectivity index is 1.72. The molecule has 0 radical (unpaired) electrons. The van der Waals surface area contributed by atoms with Crippen LogP contribution in [0.15, 0.2) is 51.7 Å². The van der Waals surface area contributed by atoms with E-state index >= 15 is 0 Å². The topological polar surface area (TPSA) is 63.9 Å². The molecule has 0 amide bonds. The molecule has 0 saturated carbocycles. The van der Waals surface area contributed by atoms with E-state index in [4.69, 9.17) is 13.9 Å². The molecule has 4 rings (SSSR count). The monoisotopic (exact) mass is 394 g/mol. The summed E-state index contributed by atoms with van der Waals surface area (Å²) < 4.78 is 16.3. The Labute approximate surface area is 170 Å². The Hall–Kier alpha value is -2.99. The summed E-state index contributed by atoms with van der Waals surface area (Å²) >= 11 is 0. The molecule has 3 aromatic rings. The summed E-state index contributed by atoms with van der Waals surface area (Å²) in [6, 6.07) is 14.2. The molecule has 1 saturated heterocycles. The van der Waals surface area contributed by atoms with Crippen LogP contribution < -0.4 is 25.3 Å². The van der Waals surface area contributed by atoms with Crippen LogP contribution >= 0.6 is 0 Å². The molecule has 1 fully saturated rings. The van der Waals surface area contributed by atoms with Crippen molar-refractivity contribution in [2.75, 3.05) is 32.2 Å². The van der Waals surface area contributed by atoms with Gasteiger partial charge >= 0.3 is 5.63 Å². The van der Waals surface area contributed by atoms with Crippen molar-refractivity contribution in [3.05, 3.63) is 52.9 Å². The number of hydrogen-bond donors (Lipinski definition) is 1. The van der Waals surface area contributed by atoms with Crippen molar-refractivity contribution < 1.29 is 13.9 Å². The predicted molar refractivity (Wildman–Crippen MR) is 115 cm³/mol. The van der Waals surface area contributed by atoms with E-state index < -0.39 is 0 Å². The standard InChI is InChI=1S/C23H26N2O4/c1-14-12-25(13-15(2)24-14)18-7-5-16-9-21(29-23(26)19(16)11-18)17-6-8-20(27-3)22(10-17)28-4/h5-11,14-15,24H,12-13H2,1-4H3/t14-,15+. The SMILES string of the molecule is COc1ccc(-c2cc3ccc(N4C[C@@H](C)N[C@@H](C)C4)cc3c(=O)o2)cc1OC. The lowest BCUT2D eigenvalue weighted by Crippen LogP contribution is -2.54. The predicted octanol–water partition coefficient (Wildman–Crippen LogP) is 3.66. The number of nitrogens with one attached hydrogen (secondary N) is 1. The van der Waals surface area contributed by atoms with E-state index in [1.165, 1.54) is 0 Å². The second-order valence-electron chi connectivity index (χ2n) is 7.61. The lowest BCUT2D eigenvalue weighted by molar-refractivity contribution is 0.355. The van der Waals surface area contributed by atoms with Crippen molar-refractivity contribution in [3.8, 4) is 22.8 Å². The van der Waals surface area contributed by atoms with Crippen LogP contribution in [0.2, 0.25) is 0 Å². The van der Waals surface area contributed by atoms with Gasteiger partial charge in [-0.2, -0.15) is 0 Å². The second kappa shape index (κ2) is 7.79. The highest BCUT2D eigenvalue weighted by molar-refractivity contribution is 5.87. The minimum Gasteiger partial charge on any atom is -0.493 e. The minimum atomic E-state index is -0.342. The Morgan fingerprint density at radius 2 is 1.69 bits per heavy atom. The van der Waals surface area contributed by atoms with E-state index in [0.29, 0.717) is 34.7 Å². The summed E-state index contributed by atoms with van der Waals surface area (Å²) in [5.41, 5.74) is 1.46. The molecule has 0 spiro atoms. The zero-order valence-electron chi connectivity index (χ0n) is 17.2. The normalized spacial score (nSPS) is 19.4. The third-order valence-corrected chi connectivity index (χ3v) is 5.34. The number of rotatable bonds is 4. The molecule has 1 N–H and O–H groups in total. The molecule has 2 aromatic carbocycles. The van der Waals surface area contributed by atoms with Crippen LogP contribution in [0.3, 0.4) is 0 Å². The molecular formula is C23H26N2O4. The summed E-state index contributed by atoms with van der Waals surface area (Å²) in [5, 5.41) is 4.97. The first-order valence-corrected chi connectivity index (χ1v) is 9.80. The van der Waals surface area contributed by atoms with Crippen molar-refractivity contribution >= 4 is 16.5 Å². The lowest BCUT2D eigenvalue weighted by Gasteiger charge is -2.37. The van der Waals surface area contributed by atoms with Crippen LogP contribution in [0, 0.1) is 0 Å². The van der Waals surface area contributed by atoms with Crippen molar-refractivity contribution in [3.63, 3.8) is 0 Å². The first kappa shape index (κ1) is 19.3. The van der Waals surface area contributed by atoms with E-state index in [1.807, 2.05) is 24.3 Å². The van der Waals surface area contributed by atoms with Crippen LogP contribution in [0.1, 0.15) is 13.8 Å². The van der Waals surface area contributed by atoms with Gasteiger partial charge in [0, 0.05) is 36.4 Å². The lowest BCUT2D eigenvalue weighted by atomic mass is 10.1. The molecule has 0 aliphatic carbocycles. The van der Waals surface area contributed by atoms with Gasteiger partial charge < -0.3 is 24.1 Å². The maximum absolute atomic E-state index is 12.8. The molecule has 152 valence electrons. The van der Waals surface area contributed by atoms with Gasteiger partial charge in [-0.25, -0.2) is 4.79 Å².